The highest BCUT2D eigenvalue weighted by Gasteiger charge is 2.35. The fraction of sp³-hybridized carbons (Fsp3) is 0.286. The lowest BCUT2D eigenvalue weighted by molar-refractivity contribution is -0.144. The zero-order valence-electron chi connectivity index (χ0n) is 11.2. The molecule has 0 aliphatic heterocycles. The maximum atomic E-state index is 12.9. The molecular formula is C14H13ClF3N3. The standard InChI is InChI=1S/C14H13ClF3N3/c1-2-6-19-12-8-11(9-4-3-5-10(15)7-9)20-13(21-12)14(16,17)18/h3-5,7-8H,2,6H2,1H3,(H,19,20,21). The first-order valence-electron chi connectivity index (χ1n) is 6.36. The molecule has 0 saturated heterocycles. The molecule has 0 amide bonds. The van der Waals surface area contributed by atoms with Crippen LogP contribution >= 0.6 is 11.6 Å². The van der Waals surface area contributed by atoms with E-state index >= 15 is 0 Å². The van der Waals surface area contributed by atoms with E-state index in [4.69, 9.17) is 11.6 Å². The first kappa shape index (κ1) is 15.6. The summed E-state index contributed by atoms with van der Waals surface area (Å²) in [4.78, 5) is 7.10. The van der Waals surface area contributed by atoms with Gasteiger partial charge < -0.3 is 5.32 Å². The lowest BCUT2D eigenvalue weighted by Crippen LogP contribution is -2.14. The topological polar surface area (TPSA) is 37.8 Å². The molecule has 2 aromatic rings. The third-order valence-corrected chi connectivity index (χ3v) is 2.89. The summed E-state index contributed by atoms with van der Waals surface area (Å²) in [7, 11) is 0. The first-order valence-corrected chi connectivity index (χ1v) is 6.74. The Kier molecular flexibility index (Phi) is 4.67. The molecule has 0 fully saturated rings. The number of nitrogens with zero attached hydrogens (tertiary/aromatic N) is 2. The molecule has 0 unspecified atom stereocenters. The molecule has 2 rings (SSSR count). The zero-order valence-corrected chi connectivity index (χ0v) is 12.0. The van der Waals surface area contributed by atoms with Gasteiger partial charge in [0.1, 0.15) is 5.82 Å². The number of anilines is 1. The fourth-order valence-corrected chi connectivity index (χ4v) is 1.90. The monoisotopic (exact) mass is 315 g/mol. The Balaban J connectivity index is 2.49. The van der Waals surface area contributed by atoms with Crippen molar-refractivity contribution in [1.82, 2.24) is 9.97 Å². The summed E-state index contributed by atoms with van der Waals surface area (Å²) in [6.45, 7) is 2.44. The van der Waals surface area contributed by atoms with Crippen molar-refractivity contribution >= 4 is 17.4 Å². The number of rotatable bonds is 4. The van der Waals surface area contributed by atoms with Crippen LogP contribution in [0.5, 0.6) is 0 Å². The minimum Gasteiger partial charge on any atom is -0.370 e. The Labute approximate surface area is 125 Å². The van der Waals surface area contributed by atoms with Crippen molar-refractivity contribution in [2.24, 2.45) is 0 Å². The van der Waals surface area contributed by atoms with Crippen molar-refractivity contribution in [3.05, 3.63) is 41.2 Å². The van der Waals surface area contributed by atoms with Crippen LogP contribution in [-0.2, 0) is 6.18 Å². The molecule has 0 aliphatic carbocycles. The summed E-state index contributed by atoms with van der Waals surface area (Å²) < 4.78 is 38.7. The van der Waals surface area contributed by atoms with Gasteiger partial charge in [-0.1, -0.05) is 30.7 Å². The summed E-state index contributed by atoms with van der Waals surface area (Å²) in [5.41, 5.74) is 0.688. The Morgan fingerprint density at radius 2 is 1.95 bits per heavy atom. The van der Waals surface area contributed by atoms with E-state index in [0.29, 0.717) is 17.1 Å². The normalized spacial score (nSPS) is 11.5. The fourth-order valence-electron chi connectivity index (χ4n) is 1.71. The van der Waals surface area contributed by atoms with Crippen LogP contribution in [0.3, 0.4) is 0 Å². The molecule has 3 nitrogen and oxygen atoms in total. The minimum atomic E-state index is -4.60. The first-order chi connectivity index (χ1) is 9.90. The molecule has 0 spiro atoms. The zero-order chi connectivity index (χ0) is 15.5. The molecule has 0 atom stereocenters. The maximum absolute atomic E-state index is 12.9. The SMILES string of the molecule is CCCNc1cc(-c2cccc(Cl)c2)nc(C(F)(F)F)n1. The number of alkyl halides is 3. The molecule has 0 aliphatic rings. The molecular weight excluding hydrogens is 303 g/mol. The predicted octanol–water partition coefficient (Wildman–Crippen LogP) is 4.64. The summed E-state index contributed by atoms with van der Waals surface area (Å²) in [5, 5.41) is 3.28. The van der Waals surface area contributed by atoms with Crippen molar-refractivity contribution < 1.29 is 13.2 Å². The van der Waals surface area contributed by atoms with Crippen LogP contribution < -0.4 is 5.32 Å². The van der Waals surface area contributed by atoms with Gasteiger partial charge in [0.2, 0.25) is 5.82 Å². The Morgan fingerprint density at radius 1 is 1.19 bits per heavy atom. The summed E-state index contributed by atoms with van der Waals surface area (Å²) in [5.74, 6) is -1.02. The second kappa shape index (κ2) is 6.30. The van der Waals surface area contributed by atoms with Crippen LogP contribution in [0.2, 0.25) is 5.02 Å². The van der Waals surface area contributed by atoms with Crippen LogP contribution in [0.25, 0.3) is 11.3 Å². The average molecular weight is 316 g/mol. The highest BCUT2D eigenvalue weighted by molar-refractivity contribution is 6.30. The summed E-state index contributed by atoms with van der Waals surface area (Å²) in [6.07, 6.45) is -3.82. The smallest absolute Gasteiger partial charge is 0.370 e. The van der Waals surface area contributed by atoms with Crippen molar-refractivity contribution in [1.29, 1.82) is 0 Å². The van der Waals surface area contributed by atoms with E-state index in [0.717, 1.165) is 6.42 Å². The van der Waals surface area contributed by atoms with Gasteiger partial charge in [0, 0.05) is 23.2 Å². The van der Waals surface area contributed by atoms with Crippen molar-refractivity contribution in [3.63, 3.8) is 0 Å². The summed E-state index contributed by atoms with van der Waals surface area (Å²) in [6, 6.07) is 8.00. The van der Waals surface area contributed by atoms with E-state index in [9.17, 15) is 13.2 Å². The third-order valence-electron chi connectivity index (χ3n) is 2.66. The second-order valence-corrected chi connectivity index (χ2v) is 4.83. The van der Waals surface area contributed by atoms with Gasteiger partial charge in [-0.05, 0) is 18.6 Å². The molecule has 1 heterocycles. The van der Waals surface area contributed by atoms with Gasteiger partial charge >= 0.3 is 6.18 Å². The van der Waals surface area contributed by atoms with Crippen LogP contribution in [0.15, 0.2) is 30.3 Å². The number of halogens is 4. The van der Waals surface area contributed by atoms with Gasteiger partial charge in [0.25, 0.3) is 0 Å². The Morgan fingerprint density at radius 3 is 2.57 bits per heavy atom. The van der Waals surface area contributed by atoms with Crippen LogP contribution in [0, 0.1) is 0 Å². The number of benzene rings is 1. The van der Waals surface area contributed by atoms with Gasteiger partial charge in [-0.2, -0.15) is 13.2 Å². The number of nitrogens with one attached hydrogen (secondary N) is 1. The van der Waals surface area contributed by atoms with Crippen LogP contribution in [0.4, 0.5) is 19.0 Å². The van der Waals surface area contributed by atoms with Crippen molar-refractivity contribution in [2.75, 3.05) is 11.9 Å². The molecule has 1 aromatic carbocycles. The van der Waals surface area contributed by atoms with Crippen LogP contribution in [-0.4, -0.2) is 16.5 Å². The maximum Gasteiger partial charge on any atom is 0.451 e. The van der Waals surface area contributed by atoms with Gasteiger partial charge in [0.15, 0.2) is 0 Å². The summed E-state index contributed by atoms with van der Waals surface area (Å²) >= 11 is 5.87. The third kappa shape index (κ3) is 4.07. The molecule has 1 aromatic heterocycles. The largest absolute Gasteiger partial charge is 0.451 e. The van der Waals surface area contributed by atoms with Crippen molar-refractivity contribution in [2.45, 2.75) is 19.5 Å². The minimum absolute atomic E-state index is 0.147. The number of hydrogen-bond acceptors (Lipinski definition) is 3. The molecule has 1 N–H and O–H groups in total. The van der Waals surface area contributed by atoms with E-state index in [1.54, 1.807) is 24.3 Å². The lowest BCUT2D eigenvalue weighted by atomic mass is 10.1. The van der Waals surface area contributed by atoms with E-state index in [1.807, 2.05) is 6.92 Å². The quantitative estimate of drug-likeness (QED) is 0.893. The van der Waals surface area contributed by atoms with Gasteiger partial charge in [-0.3, -0.25) is 0 Å². The molecule has 7 heteroatoms. The lowest BCUT2D eigenvalue weighted by Gasteiger charge is -2.11. The number of hydrogen-bond donors (Lipinski definition) is 1. The van der Waals surface area contributed by atoms with Gasteiger partial charge in [-0.15, -0.1) is 0 Å². The molecule has 0 saturated carbocycles. The van der Waals surface area contributed by atoms with Gasteiger partial charge in [-0.25, -0.2) is 9.97 Å². The predicted molar refractivity (Wildman–Crippen MR) is 76.3 cm³/mol. The van der Waals surface area contributed by atoms with E-state index in [-0.39, 0.29) is 11.5 Å². The molecule has 0 bridgehead atoms. The molecule has 112 valence electrons. The van der Waals surface area contributed by atoms with E-state index in [2.05, 4.69) is 15.3 Å². The average Bonchev–Trinajstić information content (AvgIpc) is 2.44. The Hall–Kier alpha value is -1.82. The Bertz CT molecular complexity index is 629. The van der Waals surface area contributed by atoms with Crippen molar-refractivity contribution in [3.8, 4) is 11.3 Å². The number of aromatic nitrogens is 2. The molecule has 21 heavy (non-hydrogen) atoms. The molecule has 0 radical (unpaired) electrons. The second-order valence-electron chi connectivity index (χ2n) is 4.40. The van der Waals surface area contributed by atoms with E-state index < -0.39 is 12.0 Å². The van der Waals surface area contributed by atoms with Gasteiger partial charge in [0.05, 0.1) is 5.69 Å². The highest BCUT2D eigenvalue weighted by atomic mass is 35.5. The van der Waals surface area contributed by atoms with Crippen LogP contribution in [0.1, 0.15) is 19.2 Å². The van der Waals surface area contributed by atoms with E-state index in [1.165, 1.54) is 6.07 Å². The highest BCUT2D eigenvalue weighted by Crippen LogP contribution is 2.30.